The van der Waals surface area contributed by atoms with E-state index in [2.05, 4.69) is 58.5 Å². The molecule has 0 spiro atoms. The van der Waals surface area contributed by atoms with Crippen LogP contribution in [0.5, 0.6) is 11.5 Å². The summed E-state index contributed by atoms with van der Waals surface area (Å²) in [6.45, 7) is 12.7. The van der Waals surface area contributed by atoms with Gasteiger partial charge in [0.25, 0.3) is 0 Å². The largest absolute Gasteiger partial charge is 0.492 e. The summed E-state index contributed by atoms with van der Waals surface area (Å²) in [5.41, 5.74) is 4.74. The number of likely N-dealkylation sites (N-methyl/N-ethyl adjacent to an activating group) is 1. The van der Waals surface area contributed by atoms with Crippen LogP contribution in [0.25, 0.3) is 10.9 Å². The van der Waals surface area contributed by atoms with Crippen molar-refractivity contribution in [3.63, 3.8) is 0 Å². The van der Waals surface area contributed by atoms with Crippen LogP contribution in [0, 0.1) is 25.7 Å². The SMILES string of the molecule is CN[C@@H](C)C(=O)N[C@H](C(=O)N1C[C@@H](Oc2cnc(N3CCC(CCCOc4cc5ncnc(Nc6n[nH]c(C)c6C)c5cc4S(=O)(=O)C(C)(C)C)CC3)nc2)C[C@H]1C(=O)N[C@@H]1CCCc2ccccc21)C1CCCCC1. The third-order valence-corrected chi connectivity index (χ3v) is 18.7. The van der Waals surface area contributed by atoms with Gasteiger partial charge in [-0.15, -0.1) is 0 Å². The number of H-pyrrole nitrogens is 1. The van der Waals surface area contributed by atoms with Crippen LogP contribution in [0.2, 0.25) is 0 Å². The molecule has 76 heavy (non-hydrogen) atoms. The lowest BCUT2D eigenvalue weighted by molar-refractivity contribution is -0.143. The molecule has 3 amide bonds. The number of amides is 3. The molecule has 0 radical (unpaired) electrons. The summed E-state index contributed by atoms with van der Waals surface area (Å²) in [6.07, 6.45) is 15.5. The quantitative estimate of drug-likeness (QED) is 0.0539. The second kappa shape index (κ2) is 23.5. The maximum Gasteiger partial charge on any atom is 0.246 e. The van der Waals surface area contributed by atoms with Crippen molar-refractivity contribution in [3.8, 4) is 11.5 Å². The maximum atomic E-state index is 14.8. The first-order valence-electron chi connectivity index (χ1n) is 27.3. The topological polar surface area (TPSA) is 239 Å². The van der Waals surface area contributed by atoms with E-state index in [1.807, 2.05) is 26.0 Å². The highest BCUT2D eigenvalue weighted by atomic mass is 32.2. The van der Waals surface area contributed by atoms with Gasteiger partial charge in [-0.2, -0.15) is 5.10 Å². The number of aromatic amines is 1. The third-order valence-electron chi connectivity index (χ3n) is 16.2. The van der Waals surface area contributed by atoms with E-state index in [0.29, 0.717) is 46.8 Å². The Labute approximate surface area is 446 Å². The minimum atomic E-state index is -3.82. The Morgan fingerprint density at radius 1 is 0.921 bits per heavy atom. The molecule has 20 heteroatoms. The van der Waals surface area contributed by atoms with Gasteiger partial charge < -0.3 is 40.5 Å². The van der Waals surface area contributed by atoms with Crippen molar-refractivity contribution in [2.75, 3.05) is 43.5 Å². The number of piperidine rings is 1. The van der Waals surface area contributed by atoms with E-state index in [0.717, 1.165) is 107 Å². The average molecular weight is 1060 g/mol. The Balaban J connectivity index is 0.817. The van der Waals surface area contributed by atoms with Gasteiger partial charge in [-0.3, -0.25) is 19.5 Å². The molecule has 3 aromatic heterocycles. The number of nitrogens with zero attached hydrogens (tertiary/aromatic N) is 7. The molecule has 1 saturated carbocycles. The number of ether oxygens (including phenoxy) is 2. The van der Waals surface area contributed by atoms with E-state index in [1.165, 1.54) is 11.9 Å². The van der Waals surface area contributed by atoms with E-state index in [-0.39, 0.29) is 53.3 Å². The van der Waals surface area contributed by atoms with E-state index in [1.54, 1.807) is 64.2 Å². The molecule has 5 heterocycles. The minimum absolute atomic E-state index is 0.0308. The molecule has 0 unspecified atom stereocenters. The van der Waals surface area contributed by atoms with E-state index >= 15 is 0 Å². The molecule has 19 nitrogen and oxygen atoms in total. The van der Waals surface area contributed by atoms with Crippen molar-refractivity contribution in [2.45, 2.75) is 165 Å². The molecule has 2 aliphatic carbocycles. The lowest BCUT2D eigenvalue weighted by Gasteiger charge is -2.35. The summed E-state index contributed by atoms with van der Waals surface area (Å²) in [5.74, 6) is 2.07. The van der Waals surface area contributed by atoms with E-state index < -0.39 is 38.8 Å². The zero-order valence-corrected chi connectivity index (χ0v) is 46.0. The number of aromatic nitrogens is 6. The summed E-state index contributed by atoms with van der Waals surface area (Å²) in [5, 5.41) is 20.5. The summed E-state index contributed by atoms with van der Waals surface area (Å²) in [6, 6.07) is 9.34. The lowest BCUT2D eigenvalue weighted by Crippen LogP contribution is -2.58. The average Bonchev–Trinajstić information content (AvgIpc) is 4.00. The smallest absolute Gasteiger partial charge is 0.246 e. The Morgan fingerprint density at radius 2 is 1.67 bits per heavy atom. The predicted molar refractivity (Wildman–Crippen MR) is 291 cm³/mol. The van der Waals surface area contributed by atoms with Crippen LogP contribution in [0.3, 0.4) is 0 Å². The summed E-state index contributed by atoms with van der Waals surface area (Å²) < 4.78 is 39.8. The summed E-state index contributed by atoms with van der Waals surface area (Å²) >= 11 is 0. The first kappa shape index (κ1) is 54.4. The number of carbonyl (C=O) groups excluding carboxylic acids is 3. The number of sulfone groups is 1. The number of carbonyl (C=O) groups is 3. The van der Waals surface area contributed by atoms with E-state index in [9.17, 15) is 22.8 Å². The number of fused-ring (bicyclic) bond motifs is 2. The molecular weight excluding hydrogens is 985 g/mol. The maximum absolute atomic E-state index is 14.8. The Hall–Kier alpha value is -6.41. The van der Waals surface area contributed by atoms with Crippen molar-refractivity contribution in [3.05, 3.63) is 77.5 Å². The second-order valence-electron chi connectivity index (χ2n) is 22.3. The fourth-order valence-electron chi connectivity index (χ4n) is 11.2. The second-order valence-corrected chi connectivity index (χ2v) is 24.9. The lowest BCUT2D eigenvalue weighted by atomic mass is 9.83. The molecule has 3 fully saturated rings. The molecule has 2 saturated heterocycles. The first-order chi connectivity index (χ1) is 36.5. The number of rotatable bonds is 18. The molecule has 2 aromatic carbocycles. The number of anilines is 3. The van der Waals surface area contributed by atoms with Crippen molar-refractivity contribution < 1.29 is 32.3 Å². The van der Waals surface area contributed by atoms with Crippen LogP contribution in [-0.2, 0) is 30.6 Å². The zero-order chi connectivity index (χ0) is 53.7. The molecule has 4 aliphatic rings. The van der Waals surface area contributed by atoms with Gasteiger partial charge in [0.1, 0.15) is 41.0 Å². The van der Waals surface area contributed by atoms with Crippen LogP contribution < -0.4 is 35.6 Å². The van der Waals surface area contributed by atoms with Gasteiger partial charge in [0.05, 0.1) is 47.9 Å². The highest BCUT2D eigenvalue weighted by Gasteiger charge is 2.46. The standard InChI is InChI=1S/C56H76N12O7S/c1-34-35(2)65-66-50(34)64-51-43-28-48(76(72,73)56(4,5)6)47(29-45(43)60-33-61-51)74-26-14-15-37-22-24-67(25-23-37)55-58-30-41(31-59-55)75-40-27-46(53(70)62-44-21-13-19-38-16-11-12-20-42(38)44)68(32-40)54(71)49(39-17-9-8-10-18-39)63-52(69)36(3)57-7/h11-12,16,20,28-31,33,36-37,39-40,44,46,49,57H,8-10,13-15,17-19,21-27,32H2,1-7H3,(H,62,70)(H,63,69)(H2,60,61,64,65,66)/t36-,40-,44+,46-,49-/m0/s1. The molecule has 408 valence electrons. The molecule has 9 rings (SSSR count). The van der Waals surface area contributed by atoms with Gasteiger partial charge in [0, 0.05) is 42.2 Å². The summed E-state index contributed by atoms with van der Waals surface area (Å²) in [4.78, 5) is 64.9. The predicted octanol–water partition coefficient (Wildman–Crippen LogP) is 7.37. The third kappa shape index (κ3) is 12.1. The number of nitrogens with one attached hydrogen (secondary N) is 5. The van der Waals surface area contributed by atoms with Gasteiger partial charge in [-0.25, -0.2) is 28.4 Å². The molecule has 5 N–H and O–H groups in total. The van der Waals surface area contributed by atoms with Crippen LogP contribution in [0.15, 0.2) is 60.0 Å². The molecular formula is C56H76N12O7S. The molecule has 0 bridgehead atoms. The molecule has 5 aromatic rings. The highest BCUT2D eigenvalue weighted by Crippen LogP contribution is 2.39. The van der Waals surface area contributed by atoms with Crippen LogP contribution in [0.1, 0.15) is 133 Å². The van der Waals surface area contributed by atoms with Crippen LogP contribution in [-0.4, -0.2) is 123 Å². The molecule has 5 atom stereocenters. The number of hydrogen-bond donors (Lipinski definition) is 5. The first-order valence-corrected chi connectivity index (χ1v) is 28.8. The van der Waals surface area contributed by atoms with Crippen molar-refractivity contribution >= 4 is 56.0 Å². The number of likely N-dealkylation sites (tertiary alicyclic amines) is 1. The number of hydrogen-bond acceptors (Lipinski definition) is 15. The van der Waals surface area contributed by atoms with Crippen LogP contribution >= 0.6 is 0 Å². The fraction of sp³-hybridized carbons (Fsp3) is 0.571. The van der Waals surface area contributed by atoms with Gasteiger partial charge >= 0.3 is 0 Å². The fourth-order valence-corrected chi connectivity index (χ4v) is 12.5. The van der Waals surface area contributed by atoms with E-state index in [4.69, 9.17) is 19.4 Å². The van der Waals surface area contributed by atoms with Gasteiger partial charge in [-0.05, 0) is 135 Å². The number of aryl methyl sites for hydroxylation is 2. The molecule has 2 aliphatic heterocycles. The van der Waals surface area contributed by atoms with Gasteiger partial charge in [0.15, 0.2) is 21.4 Å². The monoisotopic (exact) mass is 1060 g/mol. The van der Waals surface area contributed by atoms with Crippen LogP contribution in [0.4, 0.5) is 17.6 Å². The Kier molecular flexibility index (Phi) is 16.8. The number of benzene rings is 2. The zero-order valence-electron chi connectivity index (χ0n) is 45.2. The van der Waals surface area contributed by atoms with Gasteiger partial charge in [0.2, 0.25) is 23.7 Å². The van der Waals surface area contributed by atoms with Crippen molar-refractivity contribution in [1.29, 1.82) is 0 Å². The highest BCUT2D eigenvalue weighted by molar-refractivity contribution is 7.92. The minimum Gasteiger partial charge on any atom is -0.492 e. The van der Waals surface area contributed by atoms with Crippen molar-refractivity contribution in [2.24, 2.45) is 11.8 Å². The normalized spacial score (nSPS) is 20.4. The van der Waals surface area contributed by atoms with Crippen molar-refractivity contribution in [1.82, 2.24) is 51.0 Å². The Morgan fingerprint density at radius 3 is 2.38 bits per heavy atom. The summed E-state index contributed by atoms with van der Waals surface area (Å²) in [7, 11) is -2.10. The van der Waals surface area contributed by atoms with Gasteiger partial charge in [-0.1, -0.05) is 43.5 Å². The Bertz CT molecular complexity index is 2970.